The molecule has 1 heterocycles. The van der Waals surface area contributed by atoms with Crippen LogP contribution in [0, 0.1) is 0 Å². The van der Waals surface area contributed by atoms with Crippen molar-refractivity contribution in [3.63, 3.8) is 0 Å². The SMILES string of the molecule is COCCNCc1cc(Cl)c(OC2CCOC2)c(OC)c1. The van der Waals surface area contributed by atoms with Crippen molar-refractivity contribution in [1.82, 2.24) is 5.32 Å². The van der Waals surface area contributed by atoms with Crippen LogP contribution in [0.4, 0.5) is 0 Å². The number of nitrogens with one attached hydrogen (secondary N) is 1. The predicted octanol–water partition coefficient (Wildman–Crippen LogP) is 2.25. The molecule has 6 heteroatoms. The monoisotopic (exact) mass is 315 g/mol. The molecule has 1 aromatic carbocycles. The Morgan fingerprint density at radius 1 is 1.38 bits per heavy atom. The molecule has 1 aliphatic heterocycles. The molecule has 0 radical (unpaired) electrons. The molecular formula is C15H22ClNO4. The number of hydrogen-bond acceptors (Lipinski definition) is 5. The van der Waals surface area contributed by atoms with E-state index in [0.29, 0.717) is 36.3 Å². The summed E-state index contributed by atoms with van der Waals surface area (Å²) < 4.78 is 21.6. The molecule has 0 saturated carbocycles. The first kappa shape index (κ1) is 16.4. The third kappa shape index (κ3) is 4.74. The zero-order chi connectivity index (χ0) is 15.1. The van der Waals surface area contributed by atoms with Gasteiger partial charge in [-0.15, -0.1) is 0 Å². The van der Waals surface area contributed by atoms with E-state index >= 15 is 0 Å². The molecule has 1 atom stereocenters. The maximum atomic E-state index is 6.33. The van der Waals surface area contributed by atoms with Crippen LogP contribution in [0.5, 0.6) is 11.5 Å². The molecule has 1 aliphatic rings. The molecule has 0 aliphatic carbocycles. The number of ether oxygens (including phenoxy) is 4. The minimum atomic E-state index is 0.0436. The quantitative estimate of drug-likeness (QED) is 0.746. The molecule has 0 aromatic heterocycles. The molecule has 118 valence electrons. The van der Waals surface area contributed by atoms with Crippen LogP contribution in [-0.4, -0.2) is 46.7 Å². The lowest BCUT2D eigenvalue weighted by atomic mass is 10.2. The van der Waals surface area contributed by atoms with Crippen LogP contribution < -0.4 is 14.8 Å². The van der Waals surface area contributed by atoms with Gasteiger partial charge in [0.05, 0.1) is 32.0 Å². The number of halogens is 1. The molecule has 0 bridgehead atoms. The van der Waals surface area contributed by atoms with Gasteiger partial charge in [0.15, 0.2) is 11.5 Å². The van der Waals surface area contributed by atoms with Gasteiger partial charge >= 0.3 is 0 Å². The van der Waals surface area contributed by atoms with Gasteiger partial charge in [-0.3, -0.25) is 0 Å². The van der Waals surface area contributed by atoms with Gasteiger partial charge < -0.3 is 24.3 Å². The first-order chi connectivity index (χ1) is 10.2. The third-order valence-electron chi connectivity index (χ3n) is 3.27. The fourth-order valence-electron chi connectivity index (χ4n) is 2.17. The van der Waals surface area contributed by atoms with Crippen molar-refractivity contribution in [2.24, 2.45) is 0 Å². The Balaban J connectivity index is 2.03. The summed E-state index contributed by atoms with van der Waals surface area (Å²) in [6, 6.07) is 3.84. The van der Waals surface area contributed by atoms with E-state index in [1.54, 1.807) is 14.2 Å². The van der Waals surface area contributed by atoms with Crippen LogP contribution in [0.2, 0.25) is 5.02 Å². The second-order valence-electron chi connectivity index (χ2n) is 4.88. The lowest BCUT2D eigenvalue weighted by Crippen LogP contribution is -2.19. The molecule has 0 spiro atoms. The highest BCUT2D eigenvalue weighted by atomic mass is 35.5. The number of methoxy groups -OCH3 is 2. The zero-order valence-electron chi connectivity index (χ0n) is 12.5. The summed E-state index contributed by atoms with van der Waals surface area (Å²) >= 11 is 6.33. The smallest absolute Gasteiger partial charge is 0.180 e. The Labute approximate surface area is 130 Å². The molecule has 1 saturated heterocycles. The third-order valence-corrected chi connectivity index (χ3v) is 3.55. The predicted molar refractivity (Wildman–Crippen MR) is 81.4 cm³/mol. The zero-order valence-corrected chi connectivity index (χ0v) is 13.2. The lowest BCUT2D eigenvalue weighted by molar-refractivity contribution is 0.138. The van der Waals surface area contributed by atoms with Crippen molar-refractivity contribution in [2.45, 2.75) is 19.1 Å². The molecule has 5 nitrogen and oxygen atoms in total. The average molecular weight is 316 g/mol. The highest BCUT2D eigenvalue weighted by Crippen LogP contribution is 2.37. The lowest BCUT2D eigenvalue weighted by Gasteiger charge is -2.17. The number of benzene rings is 1. The van der Waals surface area contributed by atoms with Gasteiger partial charge in [0.25, 0.3) is 0 Å². The molecule has 1 N–H and O–H groups in total. The maximum Gasteiger partial charge on any atom is 0.180 e. The van der Waals surface area contributed by atoms with Crippen LogP contribution >= 0.6 is 11.6 Å². The number of rotatable bonds is 8. The summed E-state index contributed by atoms with van der Waals surface area (Å²) in [5.41, 5.74) is 1.04. The van der Waals surface area contributed by atoms with Crippen LogP contribution in [0.25, 0.3) is 0 Å². The van der Waals surface area contributed by atoms with Crippen molar-refractivity contribution >= 4 is 11.6 Å². The Bertz CT molecular complexity index is 450. The van der Waals surface area contributed by atoms with E-state index in [4.69, 9.17) is 30.5 Å². The van der Waals surface area contributed by atoms with Gasteiger partial charge in [-0.1, -0.05) is 11.6 Å². The molecule has 21 heavy (non-hydrogen) atoms. The van der Waals surface area contributed by atoms with Gasteiger partial charge in [-0.2, -0.15) is 0 Å². The van der Waals surface area contributed by atoms with Gasteiger partial charge in [0.1, 0.15) is 6.10 Å². The average Bonchev–Trinajstić information content (AvgIpc) is 2.99. The molecule has 1 aromatic rings. The summed E-state index contributed by atoms with van der Waals surface area (Å²) in [6.45, 7) is 3.49. The summed E-state index contributed by atoms with van der Waals surface area (Å²) in [4.78, 5) is 0. The molecule has 2 rings (SSSR count). The van der Waals surface area contributed by atoms with E-state index in [-0.39, 0.29) is 6.10 Å². The highest BCUT2D eigenvalue weighted by molar-refractivity contribution is 6.32. The van der Waals surface area contributed by atoms with Crippen LogP contribution in [-0.2, 0) is 16.0 Å². The summed E-state index contributed by atoms with van der Waals surface area (Å²) in [7, 11) is 3.30. The van der Waals surface area contributed by atoms with Crippen LogP contribution in [0.3, 0.4) is 0 Å². The molecule has 1 fully saturated rings. The van der Waals surface area contributed by atoms with E-state index in [9.17, 15) is 0 Å². The largest absolute Gasteiger partial charge is 0.493 e. The standard InChI is InChI=1S/C15H22ClNO4/c1-18-6-4-17-9-11-7-13(16)15(14(8-11)19-2)21-12-3-5-20-10-12/h7-8,12,17H,3-6,9-10H2,1-2H3. The first-order valence-electron chi connectivity index (χ1n) is 7.05. The Morgan fingerprint density at radius 2 is 2.24 bits per heavy atom. The van der Waals surface area contributed by atoms with Crippen LogP contribution in [0.1, 0.15) is 12.0 Å². The van der Waals surface area contributed by atoms with Crippen molar-refractivity contribution in [3.8, 4) is 11.5 Å². The van der Waals surface area contributed by atoms with Crippen molar-refractivity contribution in [3.05, 3.63) is 22.7 Å². The fourth-order valence-corrected chi connectivity index (χ4v) is 2.45. The Hall–Kier alpha value is -1.01. The fraction of sp³-hybridized carbons (Fsp3) is 0.600. The summed E-state index contributed by atoms with van der Waals surface area (Å²) in [6.07, 6.45) is 0.918. The van der Waals surface area contributed by atoms with Crippen molar-refractivity contribution < 1.29 is 18.9 Å². The minimum absolute atomic E-state index is 0.0436. The van der Waals surface area contributed by atoms with Gasteiger partial charge in [-0.25, -0.2) is 0 Å². The summed E-state index contributed by atoms with van der Waals surface area (Å²) in [5.74, 6) is 1.24. The second-order valence-corrected chi connectivity index (χ2v) is 5.29. The van der Waals surface area contributed by atoms with Gasteiger partial charge in [0, 0.05) is 26.6 Å². The molecular weight excluding hydrogens is 294 g/mol. The Morgan fingerprint density at radius 3 is 2.90 bits per heavy atom. The first-order valence-corrected chi connectivity index (χ1v) is 7.43. The highest BCUT2D eigenvalue weighted by Gasteiger charge is 2.21. The van der Waals surface area contributed by atoms with Gasteiger partial charge in [-0.05, 0) is 17.7 Å². The van der Waals surface area contributed by atoms with E-state index in [1.165, 1.54) is 0 Å². The van der Waals surface area contributed by atoms with Crippen molar-refractivity contribution in [2.75, 3.05) is 40.6 Å². The van der Waals surface area contributed by atoms with E-state index < -0.39 is 0 Å². The second kappa shape index (κ2) is 8.44. The maximum absolute atomic E-state index is 6.33. The number of hydrogen-bond donors (Lipinski definition) is 1. The van der Waals surface area contributed by atoms with E-state index in [2.05, 4.69) is 5.32 Å². The Kier molecular flexibility index (Phi) is 6.57. The normalized spacial score (nSPS) is 18.0. The van der Waals surface area contributed by atoms with Crippen molar-refractivity contribution in [1.29, 1.82) is 0 Å². The molecule has 0 amide bonds. The molecule has 1 unspecified atom stereocenters. The topological polar surface area (TPSA) is 49.0 Å². The minimum Gasteiger partial charge on any atom is -0.493 e. The van der Waals surface area contributed by atoms with Crippen LogP contribution in [0.15, 0.2) is 12.1 Å². The van der Waals surface area contributed by atoms with E-state index in [1.807, 2.05) is 12.1 Å². The summed E-state index contributed by atoms with van der Waals surface area (Å²) in [5, 5.41) is 3.83. The van der Waals surface area contributed by atoms with E-state index in [0.717, 1.165) is 25.1 Å². The van der Waals surface area contributed by atoms with Gasteiger partial charge in [0.2, 0.25) is 0 Å².